The summed E-state index contributed by atoms with van der Waals surface area (Å²) in [6.07, 6.45) is 0.963. The van der Waals surface area contributed by atoms with E-state index in [1.807, 2.05) is 0 Å². The highest BCUT2D eigenvalue weighted by Crippen LogP contribution is 2.31. The average molecular weight is 281 g/mol. The van der Waals surface area contributed by atoms with E-state index in [4.69, 9.17) is 15.2 Å². The number of nitrogens with one attached hydrogen (secondary N) is 1. The molecule has 9 heteroatoms. The Kier molecular flexibility index (Phi) is 3.16. The van der Waals surface area contributed by atoms with Gasteiger partial charge in [-0.2, -0.15) is 4.98 Å². The van der Waals surface area contributed by atoms with E-state index in [0.29, 0.717) is 12.1 Å². The molecule has 3 atom stereocenters. The molecule has 0 amide bonds. The highest BCUT2D eigenvalue weighted by Gasteiger charge is 2.36. The third-order valence-corrected chi connectivity index (χ3v) is 3.42. The number of H-pyrrole nitrogens is 1. The van der Waals surface area contributed by atoms with Gasteiger partial charge in [0.1, 0.15) is 12.3 Å². The Balaban J connectivity index is 2.01. The summed E-state index contributed by atoms with van der Waals surface area (Å²) in [4.78, 5) is 22.2. The van der Waals surface area contributed by atoms with Gasteiger partial charge in [0.15, 0.2) is 11.2 Å². The molecule has 108 valence electrons. The van der Waals surface area contributed by atoms with Crippen LogP contribution in [0.15, 0.2) is 11.1 Å². The number of nitrogen functional groups attached to an aromatic ring is 1. The maximum Gasteiger partial charge on any atom is 0.280 e. The number of imidazole rings is 1. The SMILES string of the molecule is CO[C@H]1C[C@H](n2cnc3c(=O)[nH]c(N)nc32)O[C@@H]1CO. The van der Waals surface area contributed by atoms with Crippen molar-refractivity contribution >= 4 is 17.1 Å². The molecule has 0 bridgehead atoms. The van der Waals surface area contributed by atoms with Crippen LogP contribution in [0.5, 0.6) is 0 Å². The van der Waals surface area contributed by atoms with Gasteiger partial charge < -0.3 is 20.3 Å². The fourth-order valence-electron chi connectivity index (χ4n) is 2.44. The number of aromatic amines is 1. The van der Waals surface area contributed by atoms with Crippen molar-refractivity contribution in [1.29, 1.82) is 0 Å². The van der Waals surface area contributed by atoms with Gasteiger partial charge in [0, 0.05) is 13.5 Å². The zero-order valence-corrected chi connectivity index (χ0v) is 10.8. The number of aliphatic hydroxyl groups is 1. The Bertz CT molecular complexity index is 669. The molecule has 20 heavy (non-hydrogen) atoms. The second-order valence-corrected chi connectivity index (χ2v) is 4.60. The number of nitrogens with two attached hydrogens (primary N) is 1. The van der Waals surface area contributed by atoms with Crippen LogP contribution >= 0.6 is 0 Å². The predicted octanol–water partition coefficient (Wildman–Crippen LogP) is -1.00. The lowest BCUT2D eigenvalue weighted by atomic mass is 10.2. The highest BCUT2D eigenvalue weighted by molar-refractivity contribution is 5.70. The zero-order valence-electron chi connectivity index (χ0n) is 10.8. The second-order valence-electron chi connectivity index (χ2n) is 4.60. The minimum absolute atomic E-state index is 0.0178. The molecule has 0 spiro atoms. The number of hydrogen-bond donors (Lipinski definition) is 3. The molecule has 1 fully saturated rings. The maximum absolute atomic E-state index is 11.7. The number of aromatic nitrogens is 4. The van der Waals surface area contributed by atoms with E-state index in [2.05, 4.69) is 15.0 Å². The number of methoxy groups -OCH3 is 1. The Morgan fingerprint density at radius 1 is 1.70 bits per heavy atom. The number of rotatable bonds is 3. The van der Waals surface area contributed by atoms with Crippen molar-refractivity contribution in [2.75, 3.05) is 19.5 Å². The zero-order chi connectivity index (χ0) is 14.3. The van der Waals surface area contributed by atoms with Gasteiger partial charge >= 0.3 is 0 Å². The summed E-state index contributed by atoms with van der Waals surface area (Å²) in [6, 6.07) is 0. The van der Waals surface area contributed by atoms with Crippen LogP contribution in [-0.2, 0) is 9.47 Å². The highest BCUT2D eigenvalue weighted by atomic mass is 16.6. The van der Waals surface area contributed by atoms with Crippen LogP contribution in [0.4, 0.5) is 5.95 Å². The van der Waals surface area contributed by atoms with Gasteiger partial charge in [-0.15, -0.1) is 0 Å². The Hall–Kier alpha value is -1.97. The van der Waals surface area contributed by atoms with Crippen LogP contribution in [0.3, 0.4) is 0 Å². The molecule has 0 aromatic carbocycles. The van der Waals surface area contributed by atoms with Gasteiger partial charge in [0.25, 0.3) is 5.56 Å². The predicted molar refractivity (Wildman–Crippen MR) is 69.0 cm³/mol. The molecule has 3 heterocycles. The quantitative estimate of drug-likeness (QED) is 0.658. The Morgan fingerprint density at radius 2 is 2.50 bits per heavy atom. The fourth-order valence-corrected chi connectivity index (χ4v) is 2.44. The van der Waals surface area contributed by atoms with Gasteiger partial charge in [-0.1, -0.05) is 0 Å². The smallest absolute Gasteiger partial charge is 0.280 e. The summed E-state index contributed by atoms with van der Waals surface area (Å²) in [5, 5.41) is 9.26. The standard InChI is InChI=1S/C11H15N5O4/c1-19-5-2-7(20-6(5)3-17)16-4-13-8-9(16)14-11(12)15-10(8)18/h4-7,17H,2-3H2,1H3,(H3,12,14,15,18)/t5-,6+,7+/m0/s1. The van der Waals surface area contributed by atoms with Crippen molar-refractivity contribution in [1.82, 2.24) is 19.5 Å². The van der Waals surface area contributed by atoms with Gasteiger partial charge in [0.05, 0.1) is 19.0 Å². The third kappa shape index (κ3) is 1.96. The maximum atomic E-state index is 11.7. The molecule has 0 radical (unpaired) electrons. The van der Waals surface area contributed by atoms with Crippen molar-refractivity contribution in [2.45, 2.75) is 24.9 Å². The van der Waals surface area contributed by atoms with E-state index >= 15 is 0 Å². The number of nitrogens with zero attached hydrogens (tertiary/aromatic N) is 3. The number of anilines is 1. The van der Waals surface area contributed by atoms with Crippen LogP contribution in [0.2, 0.25) is 0 Å². The molecular formula is C11H15N5O4. The molecule has 2 aromatic rings. The first-order chi connectivity index (χ1) is 9.63. The second kappa shape index (κ2) is 4.85. The first-order valence-electron chi connectivity index (χ1n) is 6.15. The molecule has 2 aromatic heterocycles. The first kappa shape index (κ1) is 13.0. The lowest BCUT2D eigenvalue weighted by Crippen LogP contribution is -2.26. The molecule has 0 unspecified atom stereocenters. The molecule has 1 saturated heterocycles. The molecule has 0 aliphatic carbocycles. The summed E-state index contributed by atoms with van der Waals surface area (Å²) in [7, 11) is 1.56. The van der Waals surface area contributed by atoms with Gasteiger partial charge in [0.2, 0.25) is 5.95 Å². The van der Waals surface area contributed by atoms with E-state index in [-0.39, 0.29) is 24.2 Å². The topological polar surface area (TPSA) is 128 Å². The lowest BCUT2D eigenvalue weighted by molar-refractivity contribution is -0.0512. The van der Waals surface area contributed by atoms with Crippen LogP contribution in [0.1, 0.15) is 12.6 Å². The van der Waals surface area contributed by atoms with Crippen molar-refractivity contribution in [3.63, 3.8) is 0 Å². The lowest BCUT2D eigenvalue weighted by Gasteiger charge is -2.14. The molecule has 4 N–H and O–H groups in total. The van der Waals surface area contributed by atoms with E-state index in [1.165, 1.54) is 6.33 Å². The largest absolute Gasteiger partial charge is 0.394 e. The Labute approximate surface area is 113 Å². The van der Waals surface area contributed by atoms with Crippen LogP contribution in [0.25, 0.3) is 11.2 Å². The molecule has 9 nitrogen and oxygen atoms in total. The monoisotopic (exact) mass is 281 g/mol. The third-order valence-electron chi connectivity index (χ3n) is 3.42. The fraction of sp³-hybridized carbons (Fsp3) is 0.545. The minimum atomic E-state index is -0.415. The normalized spacial score (nSPS) is 26.4. The first-order valence-corrected chi connectivity index (χ1v) is 6.15. The van der Waals surface area contributed by atoms with Gasteiger partial charge in [-0.3, -0.25) is 14.3 Å². The van der Waals surface area contributed by atoms with Crippen LogP contribution < -0.4 is 11.3 Å². The van der Waals surface area contributed by atoms with Crippen molar-refractivity contribution < 1.29 is 14.6 Å². The molecule has 3 rings (SSSR count). The summed E-state index contributed by atoms with van der Waals surface area (Å²) in [6.45, 7) is -0.141. The number of aliphatic hydroxyl groups excluding tert-OH is 1. The minimum Gasteiger partial charge on any atom is -0.394 e. The van der Waals surface area contributed by atoms with Gasteiger partial charge in [-0.25, -0.2) is 4.98 Å². The van der Waals surface area contributed by atoms with E-state index in [9.17, 15) is 9.90 Å². The van der Waals surface area contributed by atoms with Crippen molar-refractivity contribution in [3.05, 3.63) is 16.7 Å². The van der Waals surface area contributed by atoms with Gasteiger partial charge in [-0.05, 0) is 0 Å². The molecule has 1 aliphatic rings. The molecular weight excluding hydrogens is 266 g/mol. The number of fused-ring (bicyclic) bond motifs is 1. The summed E-state index contributed by atoms with van der Waals surface area (Å²) < 4.78 is 12.6. The summed E-state index contributed by atoms with van der Waals surface area (Å²) >= 11 is 0. The molecule has 0 saturated carbocycles. The number of hydrogen-bond acceptors (Lipinski definition) is 7. The van der Waals surface area contributed by atoms with E-state index in [1.54, 1.807) is 11.7 Å². The van der Waals surface area contributed by atoms with E-state index in [0.717, 1.165) is 0 Å². The van der Waals surface area contributed by atoms with Crippen molar-refractivity contribution in [3.8, 4) is 0 Å². The van der Waals surface area contributed by atoms with E-state index < -0.39 is 17.9 Å². The van der Waals surface area contributed by atoms with Crippen LogP contribution in [-0.4, -0.2) is 50.6 Å². The summed E-state index contributed by atoms with van der Waals surface area (Å²) in [5.74, 6) is 0.0178. The van der Waals surface area contributed by atoms with Crippen molar-refractivity contribution in [2.24, 2.45) is 0 Å². The number of ether oxygens (including phenoxy) is 2. The molecule has 1 aliphatic heterocycles. The Morgan fingerprint density at radius 3 is 3.15 bits per heavy atom. The summed E-state index contributed by atoms with van der Waals surface area (Å²) in [5.41, 5.74) is 5.70. The average Bonchev–Trinajstić information content (AvgIpc) is 3.01. The van der Waals surface area contributed by atoms with Crippen LogP contribution in [0, 0.1) is 0 Å².